The topological polar surface area (TPSA) is 72.6 Å². The SMILES string of the molecule is COC(=O)CCCN(C)C(=O)c1cc(C)no1. The van der Waals surface area contributed by atoms with Gasteiger partial charge in [-0.1, -0.05) is 5.16 Å². The molecular formula is C11H16N2O4. The summed E-state index contributed by atoms with van der Waals surface area (Å²) in [6.07, 6.45) is 0.853. The number of carbonyl (C=O) groups excluding carboxylic acids is 2. The van der Waals surface area contributed by atoms with Gasteiger partial charge in [-0.15, -0.1) is 0 Å². The summed E-state index contributed by atoms with van der Waals surface area (Å²) in [7, 11) is 2.99. The highest BCUT2D eigenvalue weighted by molar-refractivity contribution is 5.91. The number of esters is 1. The molecule has 0 N–H and O–H groups in total. The highest BCUT2D eigenvalue weighted by Crippen LogP contribution is 2.06. The molecule has 1 rings (SSSR count). The summed E-state index contributed by atoms with van der Waals surface area (Å²) in [4.78, 5) is 24.2. The van der Waals surface area contributed by atoms with Gasteiger partial charge in [-0.3, -0.25) is 9.59 Å². The van der Waals surface area contributed by atoms with Crippen molar-refractivity contribution in [1.82, 2.24) is 10.1 Å². The molecule has 17 heavy (non-hydrogen) atoms. The van der Waals surface area contributed by atoms with Crippen molar-refractivity contribution in [1.29, 1.82) is 0 Å². The van der Waals surface area contributed by atoms with Gasteiger partial charge in [0.1, 0.15) is 0 Å². The Bertz CT molecular complexity index is 400. The third-order valence-corrected chi connectivity index (χ3v) is 2.29. The molecule has 0 aliphatic heterocycles. The van der Waals surface area contributed by atoms with Gasteiger partial charge in [0, 0.05) is 26.1 Å². The van der Waals surface area contributed by atoms with Crippen LogP contribution in [0.3, 0.4) is 0 Å². The van der Waals surface area contributed by atoms with Gasteiger partial charge in [0.2, 0.25) is 5.76 Å². The fourth-order valence-corrected chi connectivity index (χ4v) is 1.32. The first kappa shape index (κ1) is 13.2. The van der Waals surface area contributed by atoms with Crippen molar-refractivity contribution in [3.63, 3.8) is 0 Å². The molecule has 1 aromatic rings. The minimum Gasteiger partial charge on any atom is -0.469 e. The Kier molecular flexibility index (Phi) is 4.68. The van der Waals surface area contributed by atoms with Gasteiger partial charge in [0.25, 0.3) is 5.91 Å². The Morgan fingerprint density at radius 1 is 1.53 bits per heavy atom. The zero-order valence-corrected chi connectivity index (χ0v) is 10.2. The summed E-state index contributed by atoms with van der Waals surface area (Å²) < 4.78 is 9.37. The van der Waals surface area contributed by atoms with E-state index in [1.807, 2.05) is 0 Å². The summed E-state index contributed by atoms with van der Waals surface area (Å²) >= 11 is 0. The van der Waals surface area contributed by atoms with Crippen LogP contribution < -0.4 is 0 Å². The van der Waals surface area contributed by atoms with Gasteiger partial charge >= 0.3 is 5.97 Å². The van der Waals surface area contributed by atoms with Gasteiger partial charge in [0.15, 0.2) is 0 Å². The molecule has 0 saturated carbocycles. The first-order valence-electron chi connectivity index (χ1n) is 5.30. The predicted octanol–water partition coefficient (Wildman–Crippen LogP) is 1.01. The second-order valence-electron chi connectivity index (χ2n) is 3.74. The lowest BCUT2D eigenvalue weighted by molar-refractivity contribution is -0.140. The van der Waals surface area contributed by atoms with Crippen LogP contribution in [0.2, 0.25) is 0 Å². The summed E-state index contributed by atoms with van der Waals surface area (Å²) in [5, 5.41) is 3.65. The number of carbonyl (C=O) groups is 2. The van der Waals surface area contributed by atoms with Crippen molar-refractivity contribution >= 4 is 11.9 Å². The van der Waals surface area contributed by atoms with Crippen LogP contribution in [-0.4, -0.2) is 42.6 Å². The van der Waals surface area contributed by atoms with Crippen LogP contribution in [0.25, 0.3) is 0 Å². The molecule has 0 unspecified atom stereocenters. The summed E-state index contributed by atoms with van der Waals surface area (Å²) in [6.45, 7) is 2.21. The molecule has 0 aromatic carbocycles. The smallest absolute Gasteiger partial charge is 0.305 e. The lowest BCUT2D eigenvalue weighted by atomic mass is 10.3. The second kappa shape index (κ2) is 6.03. The Labute approximate surface area is 99.5 Å². The normalized spacial score (nSPS) is 10.1. The van der Waals surface area contributed by atoms with Gasteiger partial charge < -0.3 is 14.2 Å². The molecule has 0 atom stereocenters. The molecular weight excluding hydrogens is 224 g/mol. The van der Waals surface area contributed by atoms with Gasteiger partial charge in [0.05, 0.1) is 12.8 Å². The number of methoxy groups -OCH3 is 1. The molecule has 0 aliphatic carbocycles. The number of ether oxygens (including phenoxy) is 1. The van der Waals surface area contributed by atoms with E-state index in [4.69, 9.17) is 4.52 Å². The number of aromatic nitrogens is 1. The van der Waals surface area contributed by atoms with E-state index in [-0.39, 0.29) is 17.6 Å². The average Bonchev–Trinajstić information content (AvgIpc) is 2.74. The van der Waals surface area contributed by atoms with Crippen LogP contribution in [0.15, 0.2) is 10.6 Å². The van der Waals surface area contributed by atoms with Gasteiger partial charge in [-0.05, 0) is 13.3 Å². The third kappa shape index (κ3) is 3.90. The largest absolute Gasteiger partial charge is 0.469 e. The fraction of sp³-hybridized carbons (Fsp3) is 0.545. The Morgan fingerprint density at radius 3 is 2.76 bits per heavy atom. The number of hydrogen-bond donors (Lipinski definition) is 0. The van der Waals surface area contributed by atoms with E-state index >= 15 is 0 Å². The van der Waals surface area contributed by atoms with E-state index in [1.54, 1.807) is 20.0 Å². The quantitative estimate of drug-likeness (QED) is 0.718. The molecule has 1 amide bonds. The van der Waals surface area contributed by atoms with E-state index in [1.165, 1.54) is 12.0 Å². The highest BCUT2D eigenvalue weighted by Gasteiger charge is 2.16. The molecule has 1 heterocycles. The average molecular weight is 240 g/mol. The fourth-order valence-electron chi connectivity index (χ4n) is 1.32. The maximum atomic E-state index is 11.8. The van der Waals surface area contributed by atoms with E-state index < -0.39 is 0 Å². The maximum absolute atomic E-state index is 11.8. The first-order valence-corrected chi connectivity index (χ1v) is 5.30. The van der Waals surface area contributed by atoms with E-state index in [0.29, 0.717) is 25.1 Å². The zero-order valence-electron chi connectivity index (χ0n) is 10.2. The summed E-state index contributed by atoms with van der Waals surface area (Å²) in [6, 6.07) is 1.58. The van der Waals surface area contributed by atoms with Crippen LogP contribution in [0.5, 0.6) is 0 Å². The number of nitrogens with zero attached hydrogens (tertiary/aromatic N) is 2. The van der Waals surface area contributed by atoms with Gasteiger partial charge in [-0.25, -0.2) is 0 Å². The predicted molar refractivity (Wildman–Crippen MR) is 59.5 cm³/mol. The molecule has 94 valence electrons. The molecule has 6 nitrogen and oxygen atoms in total. The number of aryl methyl sites for hydroxylation is 1. The summed E-state index contributed by atoms with van der Waals surface area (Å²) in [5.74, 6) is -0.306. The number of amides is 1. The second-order valence-corrected chi connectivity index (χ2v) is 3.74. The van der Waals surface area contributed by atoms with Crippen molar-refractivity contribution in [2.24, 2.45) is 0 Å². The monoisotopic (exact) mass is 240 g/mol. The standard InChI is InChI=1S/C11H16N2O4/c1-8-7-9(17-12-8)11(15)13(2)6-4-5-10(14)16-3/h7H,4-6H2,1-3H3. The molecule has 0 fully saturated rings. The molecule has 0 radical (unpaired) electrons. The van der Waals surface area contributed by atoms with Crippen molar-refractivity contribution < 1.29 is 18.8 Å². The van der Waals surface area contributed by atoms with Crippen LogP contribution in [0.4, 0.5) is 0 Å². The molecule has 6 heteroatoms. The van der Waals surface area contributed by atoms with Crippen LogP contribution in [-0.2, 0) is 9.53 Å². The summed E-state index contributed by atoms with van der Waals surface area (Å²) in [5.41, 5.74) is 0.663. The Hall–Kier alpha value is -1.85. The minimum atomic E-state index is -0.277. The van der Waals surface area contributed by atoms with E-state index in [0.717, 1.165) is 0 Å². The van der Waals surface area contributed by atoms with E-state index in [2.05, 4.69) is 9.89 Å². The van der Waals surface area contributed by atoms with E-state index in [9.17, 15) is 9.59 Å². The molecule has 1 aromatic heterocycles. The molecule has 0 aliphatic rings. The van der Waals surface area contributed by atoms with Crippen LogP contribution in [0, 0.1) is 6.92 Å². The number of rotatable bonds is 5. The third-order valence-electron chi connectivity index (χ3n) is 2.29. The van der Waals surface area contributed by atoms with Crippen LogP contribution in [0.1, 0.15) is 29.1 Å². The van der Waals surface area contributed by atoms with Crippen molar-refractivity contribution in [3.05, 3.63) is 17.5 Å². The number of hydrogen-bond acceptors (Lipinski definition) is 5. The Balaban J connectivity index is 2.40. The zero-order chi connectivity index (χ0) is 12.8. The van der Waals surface area contributed by atoms with Crippen LogP contribution >= 0.6 is 0 Å². The maximum Gasteiger partial charge on any atom is 0.305 e. The first-order chi connectivity index (χ1) is 8.04. The highest BCUT2D eigenvalue weighted by atomic mass is 16.5. The van der Waals surface area contributed by atoms with Crippen molar-refractivity contribution in [3.8, 4) is 0 Å². The molecule has 0 saturated heterocycles. The minimum absolute atomic E-state index is 0.211. The Morgan fingerprint density at radius 2 is 2.24 bits per heavy atom. The molecule has 0 spiro atoms. The lowest BCUT2D eigenvalue weighted by Gasteiger charge is -2.14. The lowest BCUT2D eigenvalue weighted by Crippen LogP contribution is -2.27. The van der Waals surface area contributed by atoms with Gasteiger partial charge in [-0.2, -0.15) is 0 Å². The molecule has 0 bridgehead atoms. The van der Waals surface area contributed by atoms with Crippen molar-refractivity contribution in [2.75, 3.05) is 20.7 Å². The van der Waals surface area contributed by atoms with Crippen molar-refractivity contribution in [2.45, 2.75) is 19.8 Å².